The topological polar surface area (TPSA) is 15.3 Å². The molecular weight excluding hydrogens is 184 g/mol. The Bertz CT molecular complexity index is 219. The van der Waals surface area contributed by atoms with E-state index in [-0.39, 0.29) is 0 Å². The average Bonchev–Trinajstić information content (AvgIpc) is 2.28. The minimum atomic E-state index is 1.16. The molecule has 2 heteroatoms. The maximum absolute atomic E-state index is 3.03. The van der Waals surface area contributed by atoms with Gasteiger partial charge in [0, 0.05) is 12.7 Å². The maximum Gasteiger partial charge on any atom is 0.0337 e. The van der Waals surface area contributed by atoms with E-state index in [2.05, 4.69) is 31.2 Å². The zero-order chi connectivity index (χ0) is 11.5. The summed E-state index contributed by atoms with van der Waals surface area (Å²) in [6, 6.07) is 10.1. The lowest BCUT2D eigenvalue weighted by molar-refractivity contribution is 0.398. The van der Waals surface area contributed by atoms with Crippen LogP contribution in [0.2, 0.25) is 0 Å². The van der Waals surface area contributed by atoms with Crippen LogP contribution >= 0.6 is 0 Å². The van der Waals surface area contributed by atoms with Crippen LogP contribution in [0.3, 0.4) is 0 Å². The molecule has 1 aromatic rings. The molecule has 0 heterocycles. The van der Waals surface area contributed by atoms with Crippen LogP contribution in [-0.2, 0) is 0 Å². The normalized spacial score (nSPS) is 9.40. The van der Waals surface area contributed by atoms with Crippen LogP contribution in [0.15, 0.2) is 30.3 Å². The summed E-state index contributed by atoms with van der Waals surface area (Å²) in [7, 11) is 6.13. The summed E-state index contributed by atoms with van der Waals surface area (Å²) in [5, 5.41) is 3.03. The van der Waals surface area contributed by atoms with E-state index < -0.39 is 0 Å². The molecule has 15 heavy (non-hydrogen) atoms. The van der Waals surface area contributed by atoms with Crippen LogP contribution in [0.25, 0.3) is 0 Å². The fourth-order valence-electron chi connectivity index (χ4n) is 1.08. The standard InChI is InChI=1S/C7H9N.C6H15N/c1-8-7-5-3-2-4-6-7;1-4-5-6-7(2)3/h2-6,8H,1H3;4-6H2,1-3H3. The molecule has 0 bridgehead atoms. The Labute approximate surface area is 94.3 Å². The summed E-state index contributed by atoms with van der Waals surface area (Å²) in [4.78, 5) is 2.21. The molecular formula is C13H24N2. The van der Waals surface area contributed by atoms with Crippen molar-refractivity contribution in [2.24, 2.45) is 0 Å². The third kappa shape index (κ3) is 9.29. The Balaban J connectivity index is 0.000000265. The van der Waals surface area contributed by atoms with Gasteiger partial charge in [-0.05, 0) is 39.2 Å². The van der Waals surface area contributed by atoms with E-state index in [0.29, 0.717) is 0 Å². The Hall–Kier alpha value is -1.02. The second kappa shape index (κ2) is 9.53. The number of benzene rings is 1. The van der Waals surface area contributed by atoms with Gasteiger partial charge in [0.1, 0.15) is 0 Å². The van der Waals surface area contributed by atoms with E-state index in [1.807, 2.05) is 37.4 Å². The molecule has 0 aromatic heterocycles. The number of hydrogen-bond donors (Lipinski definition) is 1. The predicted octanol–water partition coefficient (Wildman–Crippen LogP) is 3.08. The van der Waals surface area contributed by atoms with Crippen LogP contribution in [0.4, 0.5) is 5.69 Å². The number of nitrogens with zero attached hydrogens (tertiary/aromatic N) is 1. The summed E-state index contributed by atoms with van der Waals surface area (Å²) >= 11 is 0. The molecule has 0 aliphatic rings. The fraction of sp³-hybridized carbons (Fsp3) is 0.538. The lowest BCUT2D eigenvalue weighted by Gasteiger charge is -2.05. The van der Waals surface area contributed by atoms with Gasteiger partial charge in [-0.15, -0.1) is 0 Å². The van der Waals surface area contributed by atoms with Gasteiger partial charge in [-0.3, -0.25) is 0 Å². The number of anilines is 1. The lowest BCUT2D eigenvalue weighted by atomic mass is 10.3. The zero-order valence-corrected chi connectivity index (χ0v) is 10.5. The van der Waals surface area contributed by atoms with Crippen LogP contribution < -0.4 is 5.32 Å². The fourth-order valence-corrected chi connectivity index (χ4v) is 1.08. The second-order valence-electron chi connectivity index (χ2n) is 3.77. The molecule has 0 saturated carbocycles. The number of rotatable bonds is 4. The maximum atomic E-state index is 3.03. The Morgan fingerprint density at radius 3 is 2.00 bits per heavy atom. The van der Waals surface area contributed by atoms with E-state index >= 15 is 0 Å². The summed E-state index contributed by atoms with van der Waals surface area (Å²) in [5.74, 6) is 0. The monoisotopic (exact) mass is 208 g/mol. The smallest absolute Gasteiger partial charge is 0.0337 e. The van der Waals surface area contributed by atoms with Gasteiger partial charge in [-0.2, -0.15) is 0 Å². The van der Waals surface area contributed by atoms with Crippen molar-refractivity contribution in [2.75, 3.05) is 33.0 Å². The SMILES string of the molecule is CCCCN(C)C.CNc1ccccc1. The summed E-state index contributed by atoms with van der Waals surface area (Å²) < 4.78 is 0. The van der Waals surface area contributed by atoms with Gasteiger partial charge < -0.3 is 10.2 Å². The first-order chi connectivity index (χ1) is 7.20. The zero-order valence-electron chi connectivity index (χ0n) is 10.5. The largest absolute Gasteiger partial charge is 0.388 e. The molecule has 0 amide bonds. The van der Waals surface area contributed by atoms with Gasteiger partial charge in [0.2, 0.25) is 0 Å². The number of unbranched alkanes of at least 4 members (excludes halogenated alkanes) is 1. The van der Waals surface area contributed by atoms with Gasteiger partial charge in [0.25, 0.3) is 0 Å². The second-order valence-corrected chi connectivity index (χ2v) is 3.77. The molecule has 1 N–H and O–H groups in total. The van der Waals surface area contributed by atoms with Gasteiger partial charge in [0.05, 0.1) is 0 Å². The molecule has 2 nitrogen and oxygen atoms in total. The first-order valence-corrected chi connectivity index (χ1v) is 5.58. The van der Waals surface area contributed by atoms with Crippen molar-refractivity contribution < 1.29 is 0 Å². The van der Waals surface area contributed by atoms with Gasteiger partial charge in [0.15, 0.2) is 0 Å². The Kier molecular flexibility index (Phi) is 8.88. The van der Waals surface area contributed by atoms with Crippen molar-refractivity contribution >= 4 is 5.69 Å². The lowest BCUT2D eigenvalue weighted by Crippen LogP contribution is -2.12. The van der Waals surface area contributed by atoms with E-state index in [1.54, 1.807) is 0 Å². The molecule has 0 aliphatic carbocycles. The molecule has 0 atom stereocenters. The number of hydrogen-bond acceptors (Lipinski definition) is 2. The highest BCUT2D eigenvalue weighted by Crippen LogP contribution is 2.01. The molecule has 0 spiro atoms. The minimum Gasteiger partial charge on any atom is -0.388 e. The van der Waals surface area contributed by atoms with E-state index in [0.717, 1.165) is 5.69 Å². The van der Waals surface area contributed by atoms with Crippen molar-refractivity contribution in [3.8, 4) is 0 Å². The molecule has 0 unspecified atom stereocenters. The van der Waals surface area contributed by atoms with Crippen molar-refractivity contribution in [1.82, 2.24) is 4.90 Å². The number of nitrogens with one attached hydrogen (secondary N) is 1. The highest BCUT2D eigenvalue weighted by molar-refractivity contribution is 5.41. The van der Waals surface area contributed by atoms with Gasteiger partial charge in [-0.1, -0.05) is 31.5 Å². The first kappa shape index (κ1) is 14.0. The third-order valence-electron chi connectivity index (χ3n) is 2.02. The summed E-state index contributed by atoms with van der Waals surface area (Å²) in [6.07, 6.45) is 2.63. The third-order valence-corrected chi connectivity index (χ3v) is 2.02. The van der Waals surface area contributed by atoms with Crippen LogP contribution in [0.1, 0.15) is 19.8 Å². The van der Waals surface area contributed by atoms with Crippen LogP contribution in [-0.4, -0.2) is 32.6 Å². The van der Waals surface area contributed by atoms with E-state index in [9.17, 15) is 0 Å². The quantitative estimate of drug-likeness (QED) is 0.818. The minimum absolute atomic E-state index is 1.16. The van der Waals surface area contributed by atoms with Crippen LogP contribution in [0, 0.1) is 0 Å². The number of para-hydroxylation sites is 1. The molecule has 0 radical (unpaired) electrons. The molecule has 0 fully saturated rings. The van der Waals surface area contributed by atoms with Crippen molar-refractivity contribution in [3.63, 3.8) is 0 Å². The van der Waals surface area contributed by atoms with Crippen molar-refractivity contribution in [2.45, 2.75) is 19.8 Å². The molecule has 1 rings (SSSR count). The Morgan fingerprint density at radius 1 is 1.13 bits per heavy atom. The molecule has 1 aromatic carbocycles. The average molecular weight is 208 g/mol. The molecule has 86 valence electrons. The van der Waals surface area contributed by atoms with Gasteiger partial charge >= 0.3 is 0 Å². The van der Waals surface area contributed by atoms with Crippen molar-refractivity contribution in [3.05, 3.63) is 30.3 Å². The highest BCUT2D eigenvalue weighted by atomic mass is 15.0. The summed E-state index contributed by atoms with van der Waals surface area (Å²) in [6.45, 7) is 3.44. The van der Waals surface area contributed by atoms with E-state index in [1.165, 1.54) is 19.4 Å². The predicted molar refractivity (Wildman–Crippen MR) is 69.5 cm³/mol. The van der Waals surface area contributed by atoms with Crippen LogP contribution in [0.5, 0.6) is 0 Å². The molecule has 0 aliphatic heterocycles. The highest BCUT2D eigenvalue weighted by Gasteiger charge is 1.83. The van der Waals surface area contributed by atoms with Gasteiger partial charge in [-0.25, -0.2) is 0 Å². The Morgan fingerprint density at radius 2 is 1.73 bits per heavy atom. The first-order valence-electron chi connectivity index (χ1n) is 5.58. The molecule has 0 saturated heterocycles. The van der Waals surface area contributed by atoms with Crippen molar-refractivity contribution in [1.29, 1.82) is 0 Å². The van der Waals surface area contributed by atoms with E-state index in [4.69, 9.17) is 0 Å². The summed E-state index contributed by atoms with van der Waals surface area (Å²) in [5.41, 5.74) is 1.16.